The van der Waals surface area contributed by atoms with E-state index in [1.807, 2.05) is 13.8 Å². The van der Waals surface area contributed by atoms with E-state index in [-0.39, 0.29) is 18.2 Å². The van der Waals surface area contributed by atoms with Crippen LogP contribution in [0.25, 0.3) is 0 Å². The summed E-state index contributed by atoms with van der Waals surface area (Å²) in [5, 5.41) is 0.265. The fraction of sp³-hybridized carbons (Fsp3) is 0.667. The summed E-state index contributed by atoms with van der Waals surface area (Å²) in [6, 6.07) is 0. The molecule has 0 aliphatic carbocycles. The summed E-state index contributed by atoms with van der Waals surface area (Å²) in [6.45, 7) is 2.71. The molecule has 3 nitrogen and oxygen atoms in total. The SMILES string of the molecule is CC(C)Cc1nc(CCOCC(F)(F)F)nc(Cl)c1Br. The second kappa shape index (κ2) is 7.56. The van der Waals surface area contributed by atoms with E-state index in [1.54, 1.807) is 0 Å². The topological polar surface area (TPSA) is 35.0 Å². The number of nitrogens with zero attached hydrogens (tertiary/aromatic N) is 2. The van der Waals surface area contributed by atoms with Gasteiger partial charge in [0.15, 0.2) is 0 Å². The smallest absolute Gasteiger partial charge is 0.372 e. The van der Waals surface area contributed by atoms with E-state index < -0.39 is 12.8 Å². The molecule has 0 radical (unpaired) electrons. The average molecular weight is 376 g/mol. The van der Waals surface area contributed by atoms with Gasteiger partial charge in [0.05, 0.1) is 16.8 Å². The number of halogens is 5. The predicted molar refractivity (Wildman–Crippen MR) is 73.9 cm³/mol. The number of aromatic nitrogens is 2. The van der Waals surface area contributed by atoms with Crippen LogP contribution in [0.1, 0.15) is 25.4 Å². The largest absolute Gasteiger partial charge is 0.411 e. The number of alkyl halides is 3. The normalized spacial score (nSPS) is 12.2. The van der Waals surface area contributed by atoms with Crippen molar-refractivity contribution in [1.82, 2.24) is 9.97 Å². The highest BCUT2D eigenvalue weighted by Gasteiger charge is 2.27. The Morgan fingerprint density at radius 3 is 2.50 bits per heavy atom. The summed E-state index contributed by atoms with van der Waals surface area (Å²) in [5.41, 5.74) is 0.755. The van der Waals surface area contributed by atoms with Gasteiger partial charge in [0.25, 0.3) is 0 Å². The third kappa shape index (κ3) is 6.37. The van der Waals surface area contributed by atoms with Crippen molar-refractivity contribution < 1.29 is 17.9 Å². The molecule has 0 fully saturated rings. The molecule has 1 aromatic heterocycles. The molecule has 8 heteroatoms. The highest BCUT2D eigenvalue weighted by atomic mass is 79.9. The minimum atomic E-state index is -4.32. The third-order valence-corrected chi connectivity index (χ3v) is 3.60. The molecule has 0 saturated carbocycles. The molecule has 0 spiro atoms. The molecule has 0 N–H and O–H groups in total. The maximum Gasteiger partial charge on any atom is 0.411 e. The van der Waals surface area contributed by atoms with Crippen LogP contribution in [0, 0.1) is 5.92 Å². The first kappa shape index (κ1) is 17.7. The minimum Gasteiger partial charge on any atom is -0.372 e. The van der Waals surface area contributed by atoms with Crippen LogP contribution in [-0.4, -0.2) is 29.4 Å². The Morgan fingerprint density at radius 2 is 1.95 bits per heavy atom. The molecule has 0 aliphatic rings. The fourth-order valence-electron chi connectivity index (χ4n) is 1.50. The van der Waals surface area contributed by atoms with Crippen LogP contribution >= 0.6 is 27.5 Å². The van der Waals surface area contributed by atoms with Gasteiger partial charge >= 0.3 is 6.18 Å². The first-order valence-electron chi connectivity index (χ1n) is 6.04. The zero-order valence-corrected chi connectivity index (χ0v) is 13.4. The second-order valence-electron chi connectivity index (χ2n) is 4.71. The number of ether oxygens (including phenoxy) is 1. The zero-order chi connectivity index (χ0) is 15.3. The molecule has 0 unspecified atom stereocenters. The van der Waals surface area contributed by atoms with Crippen LogP contribution < -0.4 is 0 Å². The third-order valence-electron chi connectivity index (χ3n) is 2.26. The van der Waals surface area contributed by atoms with Gasteiger partial charge in [-0.2, -0.15) is 13.2 Å². The molecule has 1 rings (SSSR count). The van der Waals surface area contributed by atoms with Crippen molar-refractivity contribution in [2.45, 2.75) is 32.9 Å². The van der Waals surface area contributed by atoms with E-state index in [2.05, 4.69) is 30.6 Å². The van der Waals surface area contributed by atoms with Crippen molar-refractivity contribution in [1.29, 1.82) is 0 Å². The van der Waals surface area contributed by atoms with Crippen molar-refractivity contribution in [3.63, 3.8) is 0 Å². The van der Waals surface area contributed by atoms with Gasteiger partial charge in [0.2, 0.25) is 0 Å². The molecule has 0 amide bonds. The van der Waals surface area contributed by atoms with Crippen molar-refractivity contribution in [3.05, 3.63) is 21.1 Å². The summed E-state index contributed by atoms with van der Waals surface area (Å²) in [5.74, 6) is 0.766. The Morgan fingerprint density at radius 1 is 1.30 bits per heavy atom. The summed E-state index contributed by atoms with van der Waals surface area (Å²) >= 11 is 9.28. The molecular formula is C12H15BrClF3N2O. The Hall–Kier alpha value is -0.400. The van der Waals surface area contributed by atoms with E-state index >= 15 is 0 Å². The maximum absolute atomic E-state index is 11.9. The van der Waals surface area contributed by atoms with Crippen LogP contribution in [0.15, 0.2) is 4.47 Å². The molecule has 1 heterocycles. The minimum absolute atomic E-state index is 0.0986. The molecule has 0 saturated heterocycles. The molecule has 0 atom stereocenters. The van der Waals surface area contributed by atoms with Gasteiger partial charge in [-0.05, 0) is 28.3 Å². The molecule has 0 aromatic carbocycles. The number of hydrogen-bond donors (Lipinski definition) is 0. The quantitative estimate of drug-likeness (QED) is 0.552. The van der Waals surface area contributed by atoms with Crippen molar-refractivity contribution in [2.75, 3.05) is 13.2 Å². The van der Waals surface area contributed by atoms with Gasteiger partial charge < -0.3 is 4.74 Å². The monoisotopic (exact) mass is 374 g/mol. The van der Waals surface area contributed by atoms with Gasteiger partial charge in [0.1, 0.15) is 17.6 Å². The average Bonchev–Trinajstić information content (AvgIpc) is 2.29. The number of rotatable bonds is 6. The highest BCUT2D eigenvalue weighted by Crippen LogP contribution is 2.25. The van der Waals surface area contributed by atoms with E-state index in [4.69, 9.17) is 11.6 Å². The Labute approximate surface area is 129 Å². The molecule has 20 heavy (non-hydrogen) atoms. The van der Waals surface area contributed by atoms with Gasteiger partial charge in [-0.1, -0.05) is 25.4 Å². The molecule has 0 bridgehead atoms. The van der Waals surface area contributed by atoms with Crippen LogP contribution in [0.4, 0.5) is 13.2 Å². The summed E-state index contributed by atoms with van der Waals surface area (Å²) in [7, 11) is 0. The molecule has 0 aliphatic heterocycles. The lowest BCUT2D eigenvalue weighted by atomic mass is 10.1. The summed E-state index contributed by atoms with van der Waals surface area (Å²) in [6.07, 6.45) is -3.42. The van der Waals surface area contributed by atoms with E-state index in [0.29, 0.717) is 22.6 Å². The van der Waals surface area contributed by atoms with Gasteiger partial charge in [0, 0.05) is 6.42 Å². The lowest BCUT2D eigenvalue weighted by Crippen LogP contribution is -2.18. The molecule has 1 aromatic rings. The Kier molecular flexibility index (Phi) is 6.68. The van der Waals surface area contributed by atoms with Gasteiger partial charge in [-0.15, -0.1) is 0 Å². The van der Waals surface area contributed by atoms with Crippen LogP contribution in [0.3, 0.4) is 0 Å². The van der Waals surface area contributed by atoms with Crippen molar-refractivity contribution in [2.24, 2.45) is 5.92 Å². The van der Waals surface area contributed by atoms with Gasteiger partial charge in [-0.3, -0.25) is 0 Å². The zero-order valence-electron chi connectivity index (χ0n) is 11.1. The van der Waals surface area contributed by atoms with Crippen molar-refractivity contribution >= 4 is 27.5 Å². The summed E-state index contributed by atoms with van der Waals surface area (Å²) < 4.78 is 40.9. The lowest BCUT2D eigenvalue weighted by Gasteiger charge is -2.11. The predicted octanol–water partition coefficient (Wildman–Crippen LogP) is 4.21. The Bertz CT molecular complexity index is 455. The van der Waals surface area contributed by atoms with E-state index in [1.165, 1.54) is 0 Å². The summed E-state index contributed by atoms with van der Waals surface area (Å²) in [4.78, 5) is 8.32. The highest BCUT2D eigenvalue weighted by molar-refractivity contribution is 9.10. The Balaban J connectivity index is 2.64. The first-order valence-corrected chi connectivity index (χ1v) is 7.21. The molecule has 114 valence electrons. The van der Waals surface area contributed by atoms with Crippen LogP contribution in [0.5, 0.6) is 0 Å². The van der Waals surface area contributed by atoms with Crippen LogP contribution in [0.2, 0.25) is 5.15 Å². The standard InChI is InChI=1S/C12H15BrClF3N2O/c1-7(2)5-8-10(13)11(14)19-9(18-8)3-4-20-6-12(15,16)17/h7H,3-6H2,1-2H3. The maximum atomic E-state index is 11.9. The van der Waals surface area contributed by atoms with Gasteiger partial charge in [-0.25, -0.2) is 9.97 Å². The van der Waals surface area contributed by atoms with Crippen molar-refractivity contribution in [3.8, 4) is 0 Å². The number of hydrogen-bond acceptors (Lipinski definition) is 3. The van der Waals surface area contributed by atoms with Crippen LogP contribution in [-0.2, 0) is 17.6 Å². The first-order chi connectivity index (χ1) is 9.19. The fourth-order valence-corrected chi connectivity index (χ4v) is 2.04. The second-order valence-corrected chi connectivity index (χ2v) is 5.86. The van der Waals surface area contributed by atoms with E-state index in [0.717, 1.165) is 5.69 Å². The van der Waals surface area contributed by atoms with E-state index in [9.17, 15) is 13.2 Å². The lowest BCUT2D eigenvalue weighted by molar-refractivity contribution is -0.173. The molecular weight excluding hydrogens is 360 g/mol.